The average molecular weight is 378 g/mol. The highest BCUT2D eigenvalue weighted by molar-refractivity contribution is 6.08. The number of hydrogen-bond donors (Lipinski definition) is 1. The fraction of sp³-hybridized carbons (Fsp3) is 0.409. The van der Waals surface area contributed by atoms with E-state index in [2.05, 4.69) is 41.0 Å². The van der Waals surface area contributed by atoms with Crippen LogP contribution in [0.3, 0.4) is 0 Å². The third-order valence-electron chi connectivity index (χ3n) is 4.97. The molecule has 28 heavy (non-hydrogen) atoms. The van der Waals surface area contributed by atoms with Crippen molar-refractivity contribution in [2.75, 3.05) is 23.3 Å². The first-order valence-electron chi connectivity index (χ1n) is 9.84. The standard InChI is InChI=1S/C22H26N4O2/c1-22(2,3)21-25-17-14-15(9-10-18(17)28-21)24-20(27)16-8-7-11-23-19(16)26-12-5-4-6-13-26/h7-11,14H,4-6,12-13H2,1-3H3,(H,24,27). The maximum absolute atomic E-state index is 13.0. The summed E-state index contributed by atoms with van der Waals surface area (Å²) in [6, 6.07) is 9.18. The number of benzene rings is 1. The molecule has 1 amide bonds. The highest BCUT2D eigenvalue weighted by atomic mass is 16.3. The minimum atomic E-state index is -0.165. The van der Waals surface area contributed by atoms with Crippen LogP contribution in [0, 0.1) is 0 Å². The van der Waals surface area contributed by atoms with Gasteiger partial charge in [0.2, 0.25) is 5.89 Å². The first kappa shape index (κ1) is 18.5. The zero-order chi connectivity index (χ0) is 19.7. The highest BCUT2D eigenvalue weighted by Crippen LogP contribution is 2.28. The fourth-order valence-corrected chi connectivity index (χ4v) is 3.46. The molecular weight excluding hydrogens is 352 g/mol. The van der Waals surface area contributed by atoms with Crippen molar-refractivity contribution >= 4 is 28.5 Å². The molecule has 0 unspecified atom stereocenters. The van der Waals surface area contributed by atoms with Crippen molar-refractivity contribution in [3.8, 4) is 0 Å². The summed E-state index contributed by atoms with van der Waals surface area (Å²) in [6.07, 6.45) is 5.25. The molecule has 0 aliphatic carbocycles. The summed E-state index contributed by atoms with van der Waals surface area (Å²) < 4.78 is 5.84. The molecule has 1 fully saturated rings. The molecule has 1 saturated heterocycles. The third kappa shape index (κ3) is 3.72. The van der Waals surface area contributed by atoms with E-state index in [-0.39, 0.29) is 11.3 Å². The van der Waals surface area contributed by atoms with Gasteiger partial charge < -0.3 is 14.6 Å². The Hall–Kier alpha value is -2.89. The van der Waals surface area contributed by atoms with E-state index in [0.29, 0.717) is 17.1 Å². The molecule has 0 radical (unpaired) electrons. The predicted octanol–water partition coefficient (Wildman–Crippen LogP) is 4.76. The summed E-state index contributed by atoms with van der Waals surface area (Å²) >= 11 is 0. The molecule has 3 heterocycles. The van der Waals surface area contributed by atoms with Gasteiger partial charge in [-0.05, 0) is 49.6 Å². The van der Waals surface area contributed by atoms with Crippen LogP contribution in [0.25, 0.3) is 11.1 Å². The molecule has 3 aromatic rings. The molecule has 1 aliphatic heterocycles. The Balaban J connectivity index is 1.58. The minimum absolute atomic E-state index is 0.160. The summed E-state index contributed by atoms with van der Waals surface area (Å²) in [7, 11) is 0. The summed E-state index contributed by atoms with van der Waals surface area (Å²) in [5.74, 6) is 1.29. The Bertz CT molecular complexity index is 997. The topological polar surface area (TPSA) is 71.3 Å². The molecule has 146 valence electrons. The number of piperidine rings is 1. The number of nitrogens with one attached hydrogen (secondary N) is 1. The van der Waals surface area contributed by atoms with E-state index in [0.717, 1.165) is 42.8 Å². The quantitative estimate of drug-likeness (QED) is 0.711. The normalized spacial score (nSPS) is 15.0. The van der Waals surface area contributed by atoms with Gasteiger partial charge in [0.1, 0.15) is 11.3 Å². The number of anilines is 2. The van der Waals surface area contributed by atoms with Gasteiger partial charge in [0.25, 0.3) is 5.91 Å². The van der Waals surface area contributed by atoms with Crippen LogP contribution in [-0.4, -0.2) is 29.0 Å². The van der Waals surface area contributed by atoms with Crippen molar-refractivity contribution < 1.29 is 9.21 Å². The van der Waals surface area contributed by atoms with Crippen molar-refractivity contribution in [2.24, 2.45) is 0 Å². The van der Waals surface area contributed by atoms with Gasteiger partial charge in [0, 0.05) is 30.4 Å². The number of carbonyl (C=O) groups excluding carboxylic acids is 1. The molecule has 2 aromatic heterocycles. The summed E-state index contributed by atoms with van der Waals surface area (Å²) in [4.78, 5) is 24.2. The molecule has 1 aromatic carbocycles. The van der Waals surface area contributed by atoms with Crippen LogP contribution in [0.4, 0.5) is 11.5 Å². The predicted molar refractivity (Wildman–Crippen MR) is 111 cm³/mol. The highest BCUT2D eigenvalue weighted by Gasteiger charge is 2.22. The second-order valence-corrected chi connectivity index (χ2v) is 8.33. The van der Waals surface area contributed by atoms with Gasteiger partial charge in [-0.2, -0.15) is 0 Å². The lowest BCUT2D eigenvalue weighted by Crippen LogP contribution is -2.32. The number of pyridine rings is 1. The molecule has 0 spiro atoms. The first-order chi connectivity index (χ1) is 13.4. The van der Waals surface area contributed by atoms with Crippen molar-refractivity contribution in [3.63, 3.8) is 0 Å². The monoisotopic (exact) mass is 378 g/mol. The van der Waals surface area contributed by atoms with Gasteiger partial charge in [0.05, 0.1) is 5.56 Å². The van der Waals surface area contributed by atoms with Crippen LogP contribution in [0.1, 0.15) is 56.3 Å². The number of nitrogens with zero attached hydrogens (tertiary/aromatic N) is 3. The van der Waals surface area contributed by atoms with E-state index >= 15 is 0 Å². The summed E-state index contributed by atoms with van der Waals surface area (Å²) in [5, 5.41) is 2.99. The van der Waals surface area contributed by atoms with E-state index in [1.807, 2.05) is 24.3 Å². The Kier molecular flexibility index (Phi) is 4.79. The van der Waals surface area contributed by atoms with Crippen LogP contribution >= 0.6 is 0 Å². The zero-order valence-corrected chi connectivity index (χ0v) is 16.7. The third-order valence-corrected chi connectivity index (χ3v) is 4.97. The van der Waals surface area contributed by atoms with Crippen LogP contribution in [0.2, 0.25) is 0 Å². The molecule has 0 saturated carbocycles. The number of hydrogen-bond acceptors (Lipinski definition) is 5. The molecular formula is C22H26N4O2. The first-order valence-corrected chi connectivity index (χ1v) is 9.84. The van der Waals surface area contributed by atoms with E-state index in [1.54, 1.807) is 12.3 Å². The molecule has 4 rings (SSSR count). The molecule has 6 nitrogen and oxygen atoms in total. The van der Waals surface area contributed by atoms with Gasteiger partial charge in [0.15, 0.2) is 5.58 Å². The molecule has 1 N–H and O–H groups in total. The largest absolute Gasteiger partial charge is 0.440 e. The van der Waals surface area contributed by atoms with E-state index < -0.39 is 0 Å². The van der Waals surface area contributed by atoms with Crippen LogP contribution in [0.15, 0.2) is 40.9 Å². The molecule has 0 atom stereocenters. The van der Waals surface area contributed by atoms with Crippen molar-refractivity contribution in [2.45, 2.75) is 45.4 Å². The van der Waals surface area contributed by atoms with Gasteiger partial charge in [-0.25, -0.2) is 9.97 Å². The molecule has 6 heteroatoms. The maximum atomic E-state index is 13.0. The molecule has 0 bridgehead atoms. The maximum Gasteiger partial charge on any atom is 0.259 e. The number of oxazole rings is 1. The van der Waals surface area contributed by atoms with E-state index in [9.17, 15) is 4.79 Å². The average Bonchev–Trinajstić information content (AvgIpc) is 3.12. The Morgan fingerprint density at radius 2 is 1.93 bits per heavy atom. The number of amides is 1. The second kappa shape index (κ2) is 7.26. The van der Waals surface area contributed by atoms with Gasteiger partial charge in [-0.1, -0.05) is 20.8 Å². The van der Waals surface area contributed by atoms with Crippen molar-refractivity contribution in [1.82, 2.24) is 9.97 Å². The minimum Gasteiger partial charge on any atom is -0.440 e. The molecule has 1 aliphatic rings. The van der Waals surface area contributed by atoms with Crippen LogP contribution in [-0.2, 0) is 5.41 Å². The van der Waals surface area contributed by atoms with E-state index in [4.69, 9.17) is 4.42 Å². The van der Waals surface area contributed by atoms with Crippen molar-refractivity contribution in [3.05, 3.63) is 48.0 Å². The number of rotatable bonds is 3. The number of carbonyl (C=O) groups is 1. The zero-order valence-electron chi connectivity index (χ0n) is 16.7. The van der Waals surface area contributed by atoms with Crippen LogP contribution in [0.5, 0.6) is 0 Å². The number of aromatic nitrogens is 2. The fourth-order valence-electron chi connectivity index (χ4n) is 3.46. The number of fused-ring (bicyclic) bond motifs is 1. The van der Waals surface area contributed by atoms with Crippen molar-refractivity contribution in [1.29, 1.82) is 0 Å². The van der Waals surface area contributed by atoms with E-state index in [1.165, 1.54) is 6.42 Å². The SMILES string of the molecule is CC(C)(C)c1nc2cc(NC(=O)c3cccnc3N3CCCCC3)ccc2o1. The Morgan fingerprint density at radius 1 is 1.14 bits per heavy atom. The second-order valence-electron chi connectivity index (χ2n) is 8.33. The Labute approximate surface area is 165 Å². The lowest BCUT2D eigenvalue weighted by Gasteiger charge is -2.29. The lowest BCUT2D eigenvalue weighted by molar-refractivity contribution is 0.102. The smallest absolute Gasteiger partial charge is 0.259 e. The van der Waals surface area contributed by atoms with Gasteiger partial charge in [-0.3, -0.25) is 4.79 Å². The summed E-state index contributed by atoms with van der Waals surface area (Å²) in [5.41, 5.74) is 2.59. The Morgan fingerprint density at radius 3 is 2.68 bits per heavy atom. The van der Waals surface area contributed by atoms with Crippen LogP contribution < -0.4 is 10.2 Å². The van der Waals surface area contributed by atoms with Gasteiger partial charge >= 0.3 is 0 Å². The summed E-state index contributed by atoms with van der Waals surface area (Å²) in [6.45, 7) is 8.07. The lowest BCUT2D eigenvalue weighted by atomic mass is 9.97. The van der Waals surface area contributed by atoms with Gasteiger partial charge in [-0.15, -0.1) is 0 Å².